The Balaban J connectivity index is 1.19. The summed E-state index contributed by atoms with van der Waals surface area (Å²) in [4.78, 5) is 44.6. The molecule has 2 fully saturated rings. The lowest BCUT2D eigenvalue weighted by atomic mass is 10.1. The lowest BCUT2D eigenvalue weighted by Crippen LogP contribution is -2.46. The van der Waals surface area contributed by atoms with Gasteiger partial charge in [0.1, 0.15) is 16.5 Å². The first-order valence-corrected chi connectivity index (χ1v) is 12.9. The number of amides is 1. The van der Waals surface area contributed by atoms with Crippen LogP contribution in [0, 0.1) is 13.8 Å². The first kappa shape index (κ1) is 22.2. The van der Waals surface area contributed by atoms with E-state index in [-0.39, 0.29) is 11.5 Å². The molecule has 0 bridgehead atoms. The number of carbonyl (C=O) groups is 1. The predicted octanol–water partition coefficient (Wildman–Crippen LogP) is 3.36. The van der Waals surface area contributed by atoms with Gasteiger partial charge < -0.3 is 15.2 Å². The molecule has 2 N–H and O–H groups in total. The summed E-state index contributed by atoms with van der Waals surface area (Å²) in [5, 5.41) is 4.72. The Bertz CT molecular complexity index is 1500. The van der Waals surface area contributed by atoms with Crippen molar-refractivity contribution in [3.8, 4) is 0 Å². The second-order valence-electron chi connectivity index (χ2n) is 9.53. The van der Waals surface area contributed by atoms with Crippen LogP contribution in [0.1, 0.15) is 39.5 Å². The van der Waals surface area contributed by atoms with Gasteiger partial charge in [0.25, 0.3) is 11.5 Å². The highest BCUT2D eigenvalue weighted by molar-refractivity contribution is 7.18. The number of rotatable bonds is 5. The number of pyridine rings is 1. The molecule has 2 aliphatic rings. The monoisotopic (exact) mass is 488 g/mol. The van der Waals surface area contributed by atoms with E-state index in [0.29, 0.717) is 29.4 Å². The average Bonchev–Trinajstić information content (AvgIpc) is 3.62. The Morgan fingerprint density at radius 2 is 1.91 bits per heavy atom. The molecule has 1 amide bonds. The summed E-state index contributed by atoms with van der Waals surface area (Å²) in [6.45, 7) is 7.84. The number of aromatic amines is 1. The predicted molar refractivity (Wildman–Crippen MR) is 139 cm³/mol. The lowest BCUT2D eigenvalue weighted by Gasteiger charge is -2.35. The molecule has 4 heterocycles. The van der Waals surface area contributed by atoms with E-state index >= 15 is 0 Å². The molecule has 180 valence electrons. The Morgan fingerprint density at radius 1 is 1.14 bits per heavy atom. The quantitative estimate of drug-likeness (QED) is 0.447. The molecule has 0 atom stereocenters. The van der Waals surface area contributed by atoms with Gasteiger partial charge in [-0.1, -0.05) is 18.2 Å². The first-order chi connectivity index (χ1) is 17.0. The molecule has 9 heteroatoms. The first-order valence-electron chi connectivity index (χ1n) is 12.1. The van der Waals surface area contributed by atoms with E-state index in [1.54, 1.807) is 11.3 Å². The molecule has 4 aromatic rings. The SMILES string of the molecule is Cc1sc2nc(CN3CCN(c4cc(C(=O)NC5CC5)c5ccccc5n4)CC3)[nH]c(=O)c2c1C. The number of aryl methyl sites for hydroxylation is 2. The van der Waals surface area contributed by atoms with Crippen molar-refractivity contribution in [2.24, 2.45) is 0 Å². The van der Waals surface area contributed by atoms with Gasteiger partial charge >= 0.3 is 0 Å². The van der Waals surface area contributed by atoms with E-state index in [9.17, 15) is 9.59 Å². The molecule has 3 aromatic heterocycles. The van der Waals surface area contributed by atoms with Gasteiger partial charge in [0, 0.05) is 42.5 Å². The third-order valence-electron chi connectivity index (χ3n) is 7.02. The van der Waals surface area contributed by atoms with Crippen LogP contribution in [0.15, 0.2) is 35.1 Å². The summed E-state index contributed by atoms with van der Waals surface area (Å²) < 4.78 is 0. The topological polar surface area (TPSA) is 94.2 Å². The second-order valence-corrected chi connectivity index (χ2v) is 10.7. The van der Waals surface area contributed by atoms with E-state index in [4.69, 9.17) is 9.97 Å². The maximum absolute atomic E-state index is 12.9. The van der Waals surface area contributed by atoms with E-state index in [2.05, 4.69) is 20.1 Å². The Morgan fingerprint density at radius 3 is 2.69 bits per heavy atom. The molecular formula is C26H28N6O2S. The fourth-order valence-corrected chi connectivity index (χ4v) is 5.77. The number of aromatic nitrogens is 3. The molecule has 6 rings (SSSR count). The van der Waals surface area contributed by atoms with Gasteiger partial charge in [-0.05, 0) is 44.4 Å². The summed E-state index contributed by atoms with van der Waals surface area (Å²) in [6.07, 6.45) is 2.12. The summed E-state index contributed by atoms with van der Waals surface area (Å²) in [5.74, 6) is 1.53. The van der Waals surface area contributed by atoms with Crippen LogP contribution in [0.4, 0.5) is 5.82 Å². The number of benzene rings is 1. The molecule has 0 spiro atoms. The second kappa shape index (κ2) is 8.73. The number of hydrogen-bond donors (Lipinski definition) is 2. The fourth-order valence-electron chi connectivity index (χ4n) is 4.72. The minimum absolute atomic E-state index is 0.0181. The fraction of sp³-hybridized carbons (Fsp3) is 0.385. The maximum atomic E-state index is 12.9. The molecular weight excluding hydrogens is 460 g/mol. The smallest absolute Gasteiger partial charge is 0.259 e. The Hall–Kier alpha value is -3.30. The van der Waals surface area contributed by atoms with Crippen molar-refractivity contribution in [3.05, 3.63) is 62.5 Å². The number of carbonyl (C=O) groups excluding carboxylic acids is 1. The number of hydrogen-bond acceptors (Lipinski definition) is 7. The molecule has 1 aromatic carbocycles. The molecule has 0 radical (unpaired) electrons. The summed E-state index contributed by atoms with van der Waals surface area (Å²) in [7, 11) is 0. The average molecular weight is 489 g/mol. The van der Waals surface area contributed by atoms with Crippen LogP contribution in [-0.4, -0.2) is 58.0 Å². The van der Waals surface area contributed by atoms with Crippen LogP contribution < -0.4 is 15.8 Å². The van der Waals surface area contributed by atoms with Crippen LogP contribution in [0.25, 0.3) is 21.1 Å². The number of nitrogens with one attached hydrogen (secondary N) is 2. The Kier molecular flexibility index (Phi) is 5.53. The molecule has 1 aliphatic heterocycles. The van der Waals surface area contributed by atoms with Crippen molar-refractivity contribution < 1.29 is 4.79 Å². The molecule has 1 aliphatic carbocycles. The van der Waals surface area contributed by atoms with E-state index in [1.165, 1.54) is 0 Å². The van der Waals surface area contributed by atoms with Crippen molar-refractivity contribution in [1.82, 2.24) is 25.2 Å². The van der Waals surface area contributed by atoms with Gasteiger partial charge in [0.15, 0.2) is 0 Å². The van der Waals surface area contributed by atoms with Crippen LogP contribution >= 0.6 is 11.3 Å². The van der Waals surface area contributed by atoms with Crippen molar-refractivity contribution >= 4 is 44.2 Å². The largest absolute Gasteiger partial charge is 0.354 e. The molecule has 35 heavy (non-hydrogen) atoms. The normalized spacial score (nSPS) is 16.8. The molecule has 8 nitrogen and oxygen atoms in total. The summed E-state index contributed by atoms with van der Waals surface area (Å²) in [6, 6.07) is 10.1. The van der Waals surface area contributed by atoms with Crippen LogP contribution in [0.3, 0.4) is 0 Å². The number of nitrogens with zero attached hydrogens (tertiary/aromatic N) is 4. The standard InChI is InChI=1S/C26H28N6O2S/c1-15-16(2)35-26-23(15)25(34)29-21(30-26)14-31-9-11-32(12-10-31)22-13-19(24(33)27-17-7-8-17)18-5-3-4-6-20(18)28-22/h3-6,13,17H,7-12,14H2,1-2H3,(H,27,33)(H,29,30,34). The van der Waals surface area contributed by atoms with Gasteiger partial charge in [0.2, 0.25) is 0 Å². The highest BCUT2D eigenvalue weighted by atomic mass is 32.1. The maximum Gasteiger partial charge on any atom is 0.259 e. The molecule has 1 saturated heterocycles. The van der Waals surface area contributed by atoms with Gasteiger partial charge in [0.05, 0.1) is 23.0 Å². The number of piperazine rings is 1. The molecule has 1 saturated carbocycles. The number of fused-ring (bicyclic) bond motifs is 2. The van der Waals surface area contributed by atoms with Crippen LogP contribution in [0.2, 0.25) is 0 Å². The number of H-pyrrole nitrogens is 1. The van der Waals surface area contributed by atoms with Crippen molar-refractivity contribution in [1.29, 1.82) is 0 Å². The molecule has 0 unspecified atom stereocenters. The van der Waals surface area contributed by atoms with Crippen LogP contribution in [0.5, 0.6) is 0 Å². The number of para-hydroxylation sites is 1. The van der Waals surface area contributed by atoms with Crippen molar-refractivity contribution in [2.75, 3.05) is 31.1 Å². The van der Waals surface area contributed by atoms with Crippen molar-refractivity contribution in [3.63, 3.8) is 0 Å². The summed E-state index contributed by atoms with van der Waals surface area (Å²) in [5.41, 5.74) is 2.50. The number of anilines is 1. The minimum atomic E-state index is -0.0529. The number of thiophene rings is 1. The highest BCUT2D eigenvalue weighted by Gasteiger charge is 2.26. The third kappa shape index (κ3) is 4.30. The van der Waals surface area contributed by atoms with Crippen LogP contribution in [-0.2, 0) is 6.54 Å². The van der Waals surface area contributed by atoms with E-state index in [1.807, 2.05) is 44.2 Å². The Labute approximate surface area is 207 Å². The minimum Gasteiger partial charge on any atom is -0.354 e. The third-order valence-corrected chi connectivity index (χ3v) is 8.12. The van der Waals surface area contributed by atoms with Gasteiger partial charge in [-0.15, -0.1) is 11.3 Å². The van der Waals surface area contributed by atoms with Crippen molar-refractivity contribution in [2.45, 2.75) is 39.3 Å². The van der Waals surface area contributed by atoms with Gasteiger partial charge in [-0.2, -0.15) is 0 Å². The van der Waals surface area contributed by atoms with Gasteiger partial charge in [-0.25, -0.2) is 9.97 Å². The zero-order chi connectivity index (χ0) is 24.1. The zero-order valence-corrected chi connectivity index (χ0v) is 20.7. The van der Waals surface area contributed by atoms with E-state index in [0.717, 1.165) is 71.0 Å². The van der Waals surface area contributed by atoms with E-state index < -0.39 is 0 Å². The van der Waals surface area contributed by atoms with Gasteiger partial charge in [-0.3, -0.25) is 14.5 Å². The lowest BCUT2D eigenvalue weighted by molar-refractivity contribution is 0.0952. The summed E-state index contributed by atoms with van der Waals surface area (Å²) >= 11 is 1.58. The zero-order valence-electron chi connectivity index (χ0n) is 19.9. The highest BCUT2D eigenvalue weighted by Crippen LogP contribution is 2.27.